The second-order valence-corrected chi connectivity index (χ2v) is 4.93. The smallest absolute Gasteiger partial charge is 0.337 e. The van der Waals surface area contributed by atoms with E-state index in [-0.39, 0.29) is 11.6 Å². The number of furan rings is 1. The van der Waals surface area contributed by atoms with Gasteiger partial charge in [0.25, 0.3) is 5.91 Å². The Labute approximate surface area is 142 Å². The van der Waals surface area contributed by atoms with Crippen molar-refractivity contribution >= 4 is 29.2 Å². The highest BCUT2D eigenvalue weighted by molar-refractivity contribution is 6.01. The quantitative estimate of drug-likeness (QED) is 0.689. The van der Waals surface area contributed by atoms with E-state index in [1.54, 1.807) is 48.5 Å². The first-order valence-corrected chi connectivity index (χ1v) is 7.30. The van der Waals surface area contributed by atoms with Gasteiger partial charge in [-0.1, -0.05) is 6.07 Å². The molecule has 0 aliphatic rings. The Morgan fingerprint density at radius 3 is 2.52 bits per heavy atom. The zero-order valence-corrected chi connectivity index (χ0v) is 13.2. The molecular formula is C17H14N4O4. The zero-order chi connectivity index (χ0) is 17.6. The Hall–Kier alpha value is -3.68. The predicted octanol–water partition coefficient (Wildman–Crippen LogP) is 2.85. The number of carbonyl (C=O) groups is 2. The van der Waals surface area contributed by atoms with E-state index < -0.39 is 11.9 Å². The van der Waals surface area contributed by atoms with Crippen molar-refractivity contribution in [3.05, 3.63) is 66.1 Å². The van der Waals surface area contributed by atoms with Crippen molar-refractivity contribution in [3.63, 3.8) is 0 Å². The lowest BCUT2D eigenvalue weighted by Gasteiger charge is -2.07. The van der Waals surface area contributed by atoms with Crippen molar-refractivity contribution in [1.82, 2.24) is 10.2 Å². The summed E-state index contributed by atoms with van der Waals surface area (Å²) in [5.41, 5.74) is 1.08. The lowest BCUT2D eigenvalue weighted by Crippen LogP contribution is -2.12. The van der Waals surface area contributed by atoms with Crippen LogP contribution < -0.4 is 10.6 Å². The second-order valence-electron chi connectivity index (χ2n) is 4.93. The van der Waals surface area contributed by atoms with Gasteiger partial charge in [0.15, 0.2) is 17.4 Å². The summed E-state index contributed by atoms with van der Waals surface area (Å²) in [6.45, 7) is 0. The van der Waals surface area contributed by atoms with Gasteiger partial charge >= 0.3 is 5.97 Å². The fourth-order valence-corrected chi connectivity index (χ4v) is 2.04. The molecule has 2 aromatic heterocycles. The number of hydrogen-bond donors (Lipinski definition) is 2. The molecule has 25 heavy (non-hydrogen) atoms. The standard InChI is InChI=1S/C17H14N4O4/c1-24-17(23)11-4-2-5-12(10-11)18-14-7-8-15(21-20-14)19-16(22)13-6-3-9-25-13/h2-10H,1H3,(H,18,20)(H,19,21,22). The van der Waals surface area contributed by atoms with Gasteiger partial charge in [-0.15, -0.1) is 10.2 Å². The third-order valence-electron chi connectivity index (χ3n) is 3.21. The van der Waals surface area contributed by atoms with Crippen molar-refractivity contribution < 1.29 is 18.7 Å². The van der Waals surface area contributed by atoms with Crippen LogP contribution in [0.25, 0.3) is 0 Å². The summed E-state index contributed by atoms with van der Waals surface area (Å²) in [6.07, 6.45) is 1.41. The number of anilines is 3. The van der Waals surface area contributed by atoms with Crippen LogP contribution in [0, 0.1) is 0 Å². The van der Waals surface area contributed by atoms with Gasteiger partial charge in [-0.3, -0.25) is 4.79 Å². The summed E-state index contributed by atoms with van der Waals surface area (Å²) in [7, 11) is 1.32. The maximum absolute atomic E-state index is 11.8. The summed E-state index contributed by atoms with van der Waals surface area (Å²) in [5.74, 6) is 0.0911. The molecule has 0 atom stereocenters. The highest BCUT2D eigenvalue weighted by Gasteiger charge is 2.10. The fraction of sp³-hybridized carbons (Fsp3) is 0.0588. The number of aromatic nitrogens is 2. The Morgan fingerprint density at radius 2 is 1.84 bits per heavy atom. The van der Waals surface area contributed by atoms with E-state index in [1.165, 1.54) is 13.4 Å². The van der Waals surface area contributed by atoms with E-state index in [9.17, 15) is 9.59 Å². The molecule has 0 aliphatic carbocycles. The molecule has 0 bridgehead atoms. The van der Waals surface area contributed by atoms with E-state index in [2.05, 4.69) is 25.6 Å². The van der Waals surface area contributed by atoms with Crippen LogP contribution >= 0.6 is 0 Å². The largest absolute Gasteiger partial charge is 0.465 e. The molecule has 0 saturated carbocycles. The van der Waals surface area contributed by atoms with E-state index in [1.807, 2.05) is 0 Å². The van der Waals surface area contributed by atoms with E-state index in [4.69, 9.17) is 4.42 Å². The highest BCUT2D eigenvalue weighted by Crippen LogP contribution is 2.17. The third-order valence-corrected chi connectivity index (χ3v) is 3.21. The minimum absolute atomic E-state index is 0.184. The second kappa shape index (κ2) is 7.26. The molecule has 0 saturated heterocycles. The van der Waals surface area contributed by atoms with Gasteiger partial charge in [0.1, 0.15) is 0 Å². The van der Waals surface area contributed by atoms with Crippen LogP contribution in [0.15, 0.2) is 59.2 Å². The Bertz CT molecular complexity index is 876. The summed E-state index contributed by atoms with van der Waals surface area (Å²) in [5, 5.41) is 13.5. The minimum Gasteiger partial charge on any atom is -0.465 e. The molecule has 3 aromatic rings. The normalized spacial score (nSPS) is 10.1. The number of methoxy groups -OCH3 is 1. The average molecular weight is 338 g/mol. The first-order valence-electron chi connectivity index (χ1n) is 7.30. The topological polar surface area (TPSA) is 106 Å². The van der Waals surface area contributed by atoms with Crippen molar-refractivity contribution in [2.75, 3.05) is 17.7 Å². The predicted molar refractivity (Wildman–Crippen MR) is 89.8 cm³/mol. The van der Waals surface area contributed by atoms with Gasteiger partial charge in [0.2, 0.25) is 0 Å². The van der Waals surface area contributed by atoms with Gasteiger partial charge in [0, 0.05) is 5.69 Å². The molecule has 0 fully saturated rings. The monoisotopic (exact) mass is 338 g/mol. The Balaban J connectivity index is 1.67. The molecule has 126 valence electrons. The zero-order valence-electron chi connectivity index (χ0n) is 13.2. The molecule has 0 radical (unpaired) electrons. The number of benzene rings is 1. The number of nitrogens with zero attached hydrogens (tertiary/aromatic N) is 2. The Morgan fingerprint density at radius 1 is 1.04 bits per heavy atom. The summed E-state index contributed by atoms with van der Waals surface area (Å²) >= 11 is 0. The SMILES string of the molecule is COC(=O)c1cccc(Nc2ccc(NC(=O)c3ccco3)nn2)c1. The minimum atomic E-state index is -0.425. The van der Waals surface area contributed by atoms with Crippen LogP contribution in [0.2, 0.25) is 0 Å². The van der Waals surface area contributed by atoms with Gasteiger partial charge in [-0.25, -0.2) is 4.79 Å². The fourth-order valence-electron chi connectivity index (χ4n) is 2.04. The molecule has 3 rings (SSSR count). The molecule has 8 heteroatoms. The first kappa shape index (κ1) is 16.2. The van der Waals surface area contributed by atoms with Crippen molar-refractivity contribution in [1.29, 1.82) is 0 Å². The molecule has 0 unspecified atom stereocenters. The van der Waals surface area contributed by atoms with Crippen LogP contribution in [0.5, 0.6) is 0 Å². The summed E-state index contributed by atoms with van der Waals surface area (Å²) < 4.78 is 9.68. The molecule has 2 heterocycles. The van der Waals surface area contributed by atoms with Crippen LogP contribution in [-0.2, 0) is 4.74 Å². The number of hydrogen-bond acceptors (Lipinski definition) is 7. The van der Waals surface area contributed by atoms with Crippen LogP contribution in [0.4, 0.5) is 17.3 Å². The lowest BCUT2D eigenvalue weighted by atomic mass is 10.2. The van der Waals surface area contributed by atoms with Crippen molar-refractivity contribution in [3.8, 4) is 0 Å². The molecule has 2 N–H and O–H groups in total. The van der Waals surface area contributed by atoms with Crippen molar-refractivity contribution in [2.24, 2.45) is 0 Å². The summed E-state index contributed by atoms with van der Waals surface area (Å²) in [6, 6.07) is 13.2. The van der Waals surface area contributed by atoms with Gasteiger partial charge < -0.3 is 19.8 Å². The van der Waals surface area contributed by atoms with Gasteiger partial charge in [-0.05, 0) is 42.5 Å². The third kappa shape index (κ3) is 3.99. The van der Waals surface area contributed by atoms with Crippen LogP contribution in [0.1, 0.15) is 20.9 Å². The lowest BCUT2D eigenvalue weighted by molar-refractivity contribution is 0.0600. The number of nitrogens with one attached hydrogen (secondary N) is 2. The first-order chi connectivity index (χ1) is 12.2. The molecule has 1 amide bonds. The van der Waals surface area contributed by atoms with Crippen LogP contribution in [0.3, 0.4) is 0 Å². The van der Waals surface area contributed by atoms with E-state index >= 15 is 0 Å². The Kier molecular flexibility index (Phi) is 4.70. The van der Waals surface area contributed by atoms with Gasteiger partial charge in [-0.2, -0.15) is 0 Å². The van der Waals surface area contributed by atoms with Crippen molar-refractivity contribution in [2.45, 2.75) is 0 Å². The molecule has 1 aromatic carbocycles. The summed E-state index contributed by atoms with van der Waals surface area (Å²) in [4.78, 5) is 23.4. The van der Waals surface area contributed by atoms with E-state index in [0.29, 0.717) is 17.1 Å². The average Bonchev–Trinajstić information content (AvgIpc) is 3.18. The van der Waals surface area contributed by atoms with E-state index in [0.717, 1.165) is 0 Å². The number of amides is 1. The van der Waals surface area contributed by atoms with Crippen LogP contribution in [-0.4, -0.2) is 29.2 Å². The molecule has 0 spiro atoms. The number of esters is 1. The highest BCUT2D eigenvalue weighted by atomic mass is 16.5. The molecule has 8 nitrogen and oxygen atoms in total. The number of carbonyl (C=O) groups excluding carboxylic acids is 2. The van der Waals surface area contributed by atoms with Gasteiger partial charge in [0.05, 0.1) is 18.9 Å². The number of ether oxygens (including phenoxy) is 1. The molecule has 0 aliphatic heterocycles. The maximum Gasteiger partial charge on any atom is 0.337 e. The number of rotatable bonds is 5. The maximum atomic E-state index is 11.8. The molecular weight excluding hydrogens is 324 g/mol.